The van der Waals surface area contributed by atoms with E-state index >= 15 is 0 Å². The monoisotopic (exact) mass is 495 g/mol. The first-order valence-electron chi connectivity index (χ1n) is 12.7. The summed E-state index contributed by atoms with van der Waals surface area (Å²) in [4.78, 5) is 26.9. The van der Waals surface area contributed by atoms with Crippen LogP contribution in [0.15, 0.2) is 53.3 Å². The molecule has 0 spiro atoms. The number of aromatic nitrogens is 2. The lowest BCUT2D eigenvalue weighted by molar-refractivity contribution is -0.143. The van der Waals surface area contributed by atoms with Gasteiger partial charge in [-0.15, -0.1) is 0 Å². The van der Waals surface area contributed by atoms with Gasteiger partial charge in [0.05, 0.1) is 25.3 Å². The lowest BCUT2D eigenvalue weighted by Crippen LogP contribution is -2.47. The van der Waals surface area contributed by atoms with Crippen molar-refractivity contribution >= 4 is 17.6 Å². The fourth-order valence-corrected chi connectivity index (χ4v) is 4.58. The third kappa shape index (κ3) is 6.59. The smallest absolute Gasteiger partial charge is 0.305 e. The second kappa shape index (κ2) is 12.5. The van der Waals surface area contributed by atoms with E-state index in [9.17, 15) is 9.18 Å². The highest BCUT2D eigenvalue weighted by Crippen LogP contribution is 2.32. The first-order chi connectivity index (χ1) is 17.5. The number of carbonyl (C=O) groups is 1. The summed E-state index contributed by atoms with van der Waals surface area (Å²) < 4.78 is 25.1. The van der Waals surface area contributed by atoms with Crippen LogP contribution >= 0.6 is 0 Å². The standard InChI is InChI=1S/C27H34FN5O3/c1-3-35-26(34)11-6-4-5-9-15-36-20-16-24(28)32-25(17-20)33-14-12-22-21(19(33)2)18-30-27(31-22)23-10-7-8-13-29-23/h7-8,10,13,16-19,22H,3-6,9,11-12,14-15H2,1-2H3,(H,30,31). The molecule has 9 heteroatoms. The van der Waals surface area contributed by atoms with Crippen molar-refractivity contribution in [2.75, 3.05) is 24.7 Å². The van der Waals surface area contributed by atoms with Gasteiger partial charge >= 0.3 is 5.97 Å². The van der Waals surface area contributed by atoms with Gasteiger partial charge in [-0.2, -0.15) is 4.39 Å². The number of anilines is 1. The van der Waals surface area contributed by atoms with Gasteiger partial charge in [-0.05, 0) is 50.8 Å². The largest absolute Gasteiger partial charge is 0.493 e. The number of unbranched alkanes of at least 4 members (excludes halogenated alkanes) is 3. The Bertz CT molecular complexity index is 1090. The van der Waals surface area contributed by atoms with Crippen molar-refractivity contribution in [2.45, 2.75) is 64.5 Å². The average Bonchev–Trinajstić information content (AvgIpc) is 2.88. The molecule has 4 rings (SSSR count). The summed E-state index contributed by atoms with van der Waals surface area (Å²) in [6.45, 7) is 5.51. The van der Waals surface area contributed by atoms with E-state index in [1.54, 1.807) is 12.3 Å². The molecule has 2 aromatic rings. The number of esters is 1. The van der Waals surface area contributed by atoms with Crippen molar-refractivity contribution < 1.29 is 18.7 Å². The summed E-state index contributed by atoms with van der Waals surface area (Å²) in [5, 5.41) is 3.27. The van der Waals surface area contributed by atoms with Crippen LogP contribution in [-0.4, -0.2) is 53.6 Å². The second-order valence-electron chi connectivity index (χ2n) is 8.96. The van der Waals surface area contributed by atoms with Crippen LogP contribution in [0.4, 0.5) is 10.2 Å². The number of aliphatic imine (C=N–C) groups is 1. The zero-order chi connectivity index (χ0) is 25.3. The molecule has 4 heterocycles. The molecule has 1 saturated heterocycles. The molecule has 0 aliphatic carbocycles. The molecule has 2 unspecified atom stereocenters. The molecule has 2 aromatic heterocycles. The second-order valence-corrected chi connectivity index (χ2v) is 8.96. The first-order valence-corrected chi connectivity index (χ1v) is 12.7. The molecule has 1 fully saturated rings. The fraction of sp³-hybridized carbons (Fsp3) is 0.481. The number of halogens is 1. The Labute approximate surface area is 211 Å². The molecule has 36 heavy (non-hydrogen) atoms. The number of ether oxygens (including phenoxy) is 2. The summed E-state index contributed by atoms with van der Waals surface area (Å²) in [5.74, 6) is 1.10. The van der Waals surface area contributed by atoms with Gasteiger partial charge in [-0.3, -0.25) is 14.8 Å². The third-order valence-electron chi connectivity index (χ3n) is 6.44. The van der Waals surface area contributed by atoms with Crippen molar-refractivity contribution in [3.63, 3.8) is 0 Å². The summed E-state index contributed by atoms with van der Waals surface area (Å²) in [6, 6.07) is 8.96. The number of nitrogens with one attached hydrogen (secondary N) is 1. The molecule has 0 aromatic carbocycles. The zero-order valence-corrected chi connectivity index (χ0v) is 21.0. The molecular formula is C27H34FN5O3. The Kier molecular flexibility index (Phi) is 8.86. The van der Waals surface area contributed by atoms with Gasteiger partial charge in [-0.25, -0.2) is 4.98 Å². The highest BCUT2D eigenvalue weighted by Gasteiger charge is 2.33. The van der Waals surface area contributed by atoms with E-state index in [-0.39, 0.29) is 18.1 Å². The lowest BCUT2D eigenvalue weighted by atomic mass is 9.91. The van der Waals surface area contributed by atoms with E-state index in [0.717, 1.165) is 49.2 Å². The molecule has 2 atom stereocenters. The Hall–Kier alpha value is -3.49. The van der Waals surface area contributed by atoms with Gasteiger partial charge in [0.15, 0.2) is 5.84 Å². The molecule has 2 aliphatic heterocycles. The molecule has 0 amide bonds. The van der Waals surface area contributed by atoms with Gasteiger partial charge < -0.3 is 19.7 Å². The van der Waals surface area contributed by atoms with Crippen molar-refractivity contribution in [1.29, 1.82) is 0 Å². The first kappa shape index (κ1) is 25.6. The van der Waals surface area contributed by atoms with Crippen molar-refractivity contribution in [3.05, 3.63) is 59.9 Å². The van der Waals surface area contributed by atoms with E-state index in [2.05, 4.69) is 27.1 Å². The van der Waals surface area contributed by atoms with Crippen LogP contribution in [0.3, 0.4) is 0 Å². The maximum atomic E-state index is 14.4. The average molecular weight is 496 g/mol. The van der Waals surface area contributed by atoms with Gasteiger partial charge in [0, 0.05) is 37.5 Å². The lowest BCUT2D eigenvalue weighted by Gasteiger charge is -2.41. The van der Waals surface area contributed by atoms with Crippen LogP contribution in [0.25, 0.3) is 0 Å². The fourth-order valence-electron chi connectivity index (χ4n) is 4.58. The minimum absolute atomic E-state index is 0.00632. The zero-order valence-electron chi connectivity index (χ0n) is 21.0. The highest BCUT2D eigenvalue weighted by atomic mass is 19.1. The molecule has 2 aliphatic rings. The van der Waals surface area contributed by atoms with E-state index in [1.165, 1.54) is 6.07 Å². The van der Waals surface area contributed by atoms with Crippen molar-refractivity contribution in [3.8, 4) is 5.75 Å². The van der Waals surface area contributed by atoms with Crippen LogP contribution in [0.2, 0.25) is 0 Å². The summed E-state index contributed by atoms with van der Waals surface area (Å²) >= 11 is 0. The number of pyridine rings is 2. The molecular weight excluding hydrogens is 461 g/mol. The summed E-state index contributed by atoms with van der Waals surface area (Å²) in [5.41, 5.74) is 1.95. The van der Waals surface area contributed by atoms with E-state index < -0.39 is 5.95 Å². The number of carbonyl (C=O) groups excluding carboxylic acids is 1. The molecule has 0 bridgehead atoms. The SMILES string of the molecule is CCOC(=O)CCCCCCOc1cc(F)nc(N2CCC3N=C(c4ccccn4)NC=C3C2C)c1. The van der Waals surface area contributed by atoms with Crippen LogP contribution in [0, 0.1) is 5.95 Å². The number of hydrogen-bond donors (Lipinski definition) is 1. The van der Waals surface area contributed by atoms with E-state index in [4.69, 9.17) is 14.5 Å². The number of nitrogens with zero attached hydrogens (tertiary/aromatic N) is 4. The highest BCUT2D eigenvalue weighted by molar-refractivity contribution is 5.98. The van der Waals surface area contributed by atoms with Crippen LogP contribution in [0.5, 0.6) is 5.75 Å². The maximum absolute atomic E-state index is 14.4. The Morgan fingerprint density at radius 1 is 1.22 bits per heavy atom. The molecule has 1 N–H and O–H groups in total. The molecule has 8 nitrogen and oxygen atoms in total. The van der Waals surface area contributed by atoms with Crippen molar-refractivity contribution in [1.82, 2.24) is 15.3 Å². The topological polar surface area (TPSA) is 88.9 Å². The summed E-state index contributed by atoms with van der Waals surface area (Å²) in [6.07, 6.45) is 8.50. The normalized spacial score (nSPS) is 19.0. The number of rotatable bonds is 11. The number of fused-ring (bicyclic) bond motifs is 1. The quantitative estimate of drug-likeness (QED) is 0.281. The number of amidine groups is 1. The molecule has 192 valence electrons. The summed E-state index contributed by atoms with van der Waals surface area (Å²) in [7, 11) is 0. The Morgan fingerprint density at radius 2 is 2.08 bits per heavy atom. The van der Waals surface area contributed by atoms with Crippen LogP contribution < -0.4 is 15.0 Å². The van der Waals surface area contributed by atoms with Crippen LogP contribution in [-0.2, 0) is 9.53 Å². The number of piperidine rings is 1. The Balaban J connectivity index is 1.30. The molecule has 0 saturated carbocycles. The predicted molar refractivity (Wildman–Crippen MR) is 137 cm³/mol. The Morgan fingerprint density at radius 3 is 2.89 bits per heavy atom. The van der Waals surface area contributed by atoms with Gasteiger partial charge in [0.25, 0.3) is 0 Å². The number of hydrogen-bond acceptors (Lipinski definition) is 8. The third-order valence-corrected chi connectivity index (χ3v) is 6.44. The minimum Gasteiger partial charge on any atom is -0.493 e. The van der Waals surface area contributed by atoms with E-state index in [1.807, 2.05) is 31.3 Å². The van der Waals surface area contributed by atoms with E-state index in [0.29, 0.717) is 37.7 Å². The van der Waals surface area contributed by atoms with Crippen LogP contribution in [0.1, 0.15) is 58.1 Å². The molecule has 0 radical (unpaired) electrons. The van der Waals surface area contributed by atoms with Gasteiger partial charge in [-0.1, -0.05) is 18.9 Å². The minimum atomic E-state index is -0.558. The van der Waals surface area contributed by atoms with Crippen molar-refractivity contribution in [2.24, 2.45) is 4.99 Å². The maximum Gasteiger partial charge on any atom is 0.305 e. The van der Waals surface area contributed by atoms with Gasteiger partial charge in [0.2, 0.25) is 5.95 Å². The predicted octanol–water partition coefficient (Wildman–Crippen LogP) is 4.41. The van der Waals surface area contributed by atoms with Gasteiger partial charge in [0.1, 0.15) is 17.3 Å².